The van der Waals surface area contributed by atoms with E-state index in [2.05, 4.69) is 15.3 Å². The Labute approximate surface area is 114 Å². The molecular formula is C15H12FN3O. The molecule has 0 unspecified atom stereocenters. The van der Waals surface area contributed by atoms with Crippen LogP contribution < -0.4 is 10.9 Å². The largest absolute Gasteiger partial charge is 0.366 e. The van der Waals surface area contributed by atoms with E-state index in [1.807, 2.05) is 30.3 Å². The first-order chi connectivity index (χ1) is 9.72. The Morgan fingerprint density at radius 2 is 2.00 bits per heavy atom. The Morgan fingerprint density at radius 1 is 1.15 bits per heavy atom. The van der Waals surface area contributed by atoms with E-state index in [9.17, 15) is 9.18 Å². The summed E-state index contributed by atoms with van der Waals surface area (Å²) >= 11 is 0. The third-order valence-corrected chi connectivity index (χ3v) is 3.01. The number of hydrogen-bond acceptors (Lipinski definition) is 3. The molecule has 0 saturated carbocycles. The van der Waals surface area contributed by atoms with Gasteiger partial charge in [0.15, 0.2) is 0 Å². The minimum absolute atomic E-state index is 0.160. The average molecular weight is 269 g/mol. The number of fused-ring (bicyclic) bond motifs is 1. The van der Waals surface area contributed by atoms with Gasteiger partial charge in [0.25, 0.3) is 5.56 Å². The molecule has 0 fully saturated rings. The predicted molar refractivity (Wildman–Crippen MR) is 76.1 cm³/mol. The van der Waals surface area contributed by atoms with Crippen molar-refractivity contribution in [3.8, 4) is 0 Å². The number of H-pyrrole nitrogens is 1. The van der Waals surface area contributed by atoms with E-state index in [0.29, 0.717) is 11.4 Å². The number of benzene rings is 1. The molecule has 3 rings (SSSR count). The maximum atomic E-state index is 13.0. The number of pyridine rings is 2. The highest BCUT2D eigenvalue weighted by Crippen LogP contribution is 2.11. The van der Waals surface area contributed by atoms with Gasteiger partial charge in [-0.15, -0.1) is 0 Å². The first-order valence-electron chi connectivity index (χ1n) is 6.20. The molecule has 1 aromatic carbocycles. The zero-order valence-electron chi connectivity index (χ0n) is 10.6. The highest BCUT2D eigenvalue weighted by atomic mass is 19.1. The van der Waals surface area contributed by atoms with Gasteiger partial charge >= 0.3 is 0 Å². The van der Waals surface area contributed by atoms with E-state index in [1.54, 1.807) is 12.1 Å². The van der Waals surface area contributed by atoms with E-state index in [1.165, 1.54) is 6.07 Å². The highest BCUT2D eigenvalue weighted by Gasteiger charge is 2.03. The summed E-state index contributed by atoms with van der Waals surface area (Å²) in [4.78, 5) is 18.4. The smallest absolute Gasteiger partial charge is 0.253 e. The van der Waals surface area contributed by atoms with Crippen LogP contribution in [-0.2, 0) is 6.54 Å². The third kappa shape index (κ3) is 2.51. The minimum Gasteiger partial charge on any atom is -0.366 e. The van der Waals surface area contributed by atoms with E-state index >= 15 is 0 Å². The fraction of sp³-hybridized carbons (Fsp3) is 0.0667. The van der Waals surface area contributed by atoms with Gasteiger partial charge in [0.1, 0.15) is 5.82 Å². The summed E-state index contributed by atoms with van der Waals surface area (Å²) in [6.07, 6.45) is 0. The number of para-hydroxylation sites is 1. The second kappa shape index (κ2) is 5.13. The molecule has 3 aromatic rings. The number of aromatic nitrogens is 2. The molecule has 2 heterocycles. The summed E-state index contributed by atoms with van der Waals surface area (Å²) < 4.78 is 13.0. The fourth-order valence-corrected chi connectivity index (χ4v) is 2.02. The van der Waals surface area contributed by atoms with Crippen LogP contribution in [0.2, 0.25) is 0 Å². The van der Waals surface area contributed by atoms with Crippen LogP contribution in [0.1, 0.15) is 5.56 Å². The summed E-state index contributed by atoms with van der Waals surface area (Å²) in [6, 6.07) is 13.9. The predicted octanol–water partition coefficient (Wildman–Crippen LogP) is 2.67. The lowest BCUT2D eigenvalue weighted by Gasteiger charge is -2.06. The molecule has 0 spiro atoms. The van der Waals surface area contributed by atoms with Crippen molar-refractivity contribution in [1.29, 1.82) is 0 Å². The van der Waals surface area contributed by atoms with E-state index in [-0.39, 0.29) is 12.1 Å². The fourth-order valence-electron chi connectivity index (χ4n) is 2.02. The summed E-state index contributed by atoms with van der Waals surface area (Å²) in [5.41, 5.74) is 1.22. The second-order valence-electron chi connectivity index (χ2n) is 4.41. The highest BCUT2D eigenvalue weighted by molar-refractivity contribution is 5.78. The molecule has 0 aliphatic carbocycles. The molecule has 0 aliphatic heterocycles. The standard InChI is InChI=1S/C15H12FN3O/c16-13-6-3-7-14(19-13)17-9-11-8-10-4-1-2-5-12(10)18-15(11)20/h1-8H,9H2,(H,17,19)(H,18,20). The number of nitrogens with zero attached hydrogens (tertiary/aromatic N) is 1. The van der Waals surface area contributed by atoms with Crippen LogP contribution in [0, 0.1) is 5.95 Å². The quantitative estimate of drug-likeness (QED) is 0.719. The molecule has 2 N–H and O–H groups in total. The van der Waals surface area contributed by atoms with Crippen molar-refractivity contribution in [3.63, 3.8) is 0 Å². The molecule has 0 atom stereocenters. The maximum Gasteiger partial charge on any atom is 0.253 e. The molecule has 100 valence electrons. The van der Waals surface area contributed by atoms with E-state index < -0.39 is 5.95 Å². The van der Waals surface area contributed by atoms with Crippen LogP contribution in [0.3, 0.4) is 0 Å². The van der Waals surface area contributed by atoms with Crippen molar-refractivity contribution >= 4 is 16.7 Å². The Morgan fingerprint density at radius 3 is 2.85 bits per heavy atom. The van der Waals surface area contributed by atoms with Crippen molar-refractivity contribution in [2.75, 3.05) is 5.32 Å². The van der Waals surface area contributed by atoms with Crippen molar-refractivity contribution in [2.24, 2.45) is 0 Å². The van der Waals surface area contributed by atoms with E-state index in [0.717, 1.165) is 10.9 Å². The number of hydrogen-bond donors (Lipinski definition) is 2. The second-order valence-corrected chi connectivity index (χ2v) is 4.41. The number of halogens is 1. The van der Waals surface area contributed by atoms with Gasteiger partial charge < -0.3 is 10.3 Å². The van der Waals surface area contributed by atoms with Crippen LogP contribution in [0.15, 0.2) is 53.3 Å². The van der Waals surface area contributed by atoms with Crippen LogP contribution in [0.5, 0.6) is 0 Å². The molecule has 20 heavy (non-hydrogen) atoms. The van der Waals surface area contributed by atoms with Gasteiger partial charge in [-0.2, -0.15) is 4.39 Å². The van der Waals surface area contributed by atoms with Crippen LogP contribution in [0.4, 0.5) is 10.2 Å². The Balaban J connectivity index is 1.87. The van der Waals surface area contributed by atoms with Gasteiger partial charge in [-0.25, -0.2) is 4.98 Å². The monoisotopic (exact) mass is 269 g/mol. The topological polar surface area (TPSA) is 57.8 Å². The van der Waals surface area contributed by atoms with E-state index in [4.69, 9.17) is 0 Å². The molecular weight excluding hydrogens is 257 g/mol. The zero-order chi connectivity index (χ0) is 13.9. The average Bonchev–Trinajstić information content (AvgIpc) is 2.45. The molecule has 0 amide bonds. The Bertz CT molecular complexity index is 813. The Kier molecular flexibility index (Phi) is 3.16. The van der Waals surface area contributed by atoms with Crippen molar-refractivity contribution < 1.29 is 4.39 Å². The SMILES string of the molecule is O=c1[nH]c2ccccc2cc1CNc1cccc(F)n1. The van der Waals surface area contributed by atoms with Crippen LogP contribution >= 0.6 is 0 Å². The summed E-state index contributed by atoms with van der Waals surface area (Å²) in [6.45, 7) is 0.288. The van der Waals surface area contributed by atoms with Gasteiger partial charge in [-0.05, 0) is 29.7 Å². The first-order valence-corrected chi connectivity index (χ1v) is 6.20. The lowest BCUT2D eigenvalue weighted by molar-refractivity contribution is 0.585. The van der Waals surface area contributed by atoms with Gasteiger partial charge in [-0.3, -0.25) is 4.79 Å². The maximum absolute atomic E-state index is 13.0. The first kappa shape index (κ1) is 12.3. The summed E-state index contributed by atoms with van der Waals surface area (Å²) in [7, 11) is 0. The number of rotatable bonds is 3. The lowest BCUT2D eigenvalue weighted by Crippen LogP contribution is -2.16. The van der Waals surface area contributed by atoms with Crippen molar-refractivity contribution in [1.82, 2.24) is 9.97 Å². The number of anilines is 1. The normalized spacial score (nSPS) is 10.7. The zero-order valence-corrected chi connectivity index (χ0v) is 10.6. The lowest BCUT2D eigenvalue weighted by atomic mass is 10.1. The van der Waals surface area contributed by atoms with Gasteiger partial charge in [-0.1, -0.05) is 24.3 Å². The third-order valence-electron chi connectivity index (χ3n) is 3.01. The minimum atomic E-state index is -0.553. The number of aromatic amines is 1. The van der Waals surface area contributed by atoms with Crippen molar-refractivity contribution in [3.05, 3.63) is 70.4 Å². The molecule has 0 radical (unpaired) electrons. The van der Waals surface area contributed by atoms with Crippen LogP contribution in [0.25, 0.3) is 10.9 Å². The Hall–Kier alpha value is -2.69. The van der Waals surface area contributed by atoms with Gasteiger partial charge in [0.05, 0.1) is 0 Å². The van der Waals surface area contributed by atoms with Crippen LogP contribution in [-0.4, -0.2) is 9.97 Å². The molecule has 4 nitrogen and oxygen atoms in total. The van der Waals surface area contributed by atoms with Gasteiger partial charge in [0.2, 0.25) is 5.95 Å². The molecule has 0 saturated heterocycles. The number of nitrogens with one attached hydrogen (secondary N) is 2. The molecule has 2 aromatic heterocycles. The van der Waals surface area contributed by atoms with Gasteiger partial charge in [0, 0.05) is 17.6 Å². The molecule has 0 aliphatic rings. The summed E-state index contributed by atoms with van der Waals surface area (Å²) in [5, 5.41) is 3.89. The summed E-state index contributed by atoms with van der Waals surface area (Å²) in [5.74, 6) is -0.153. The van der Waals surface area contributed by atoms with Crippen molar-refractivity contribution in [2.45, 2.75) is 6.54 Å². The molecule has 0 bridgehead atoms. The molecule has 5 heteroatoms.